The maximum Gasteiger partial charge on any atom is 0.217 e. The van der Waals surface area contributed by atoms with Gasteiger partial charge in [-0.15, -0.1) is 0 Å². The average Bonchev–Trinajstić information content (AvgIpc) is 2.96. The van der Waals surface area contributed by atoms with Crippen LogP contribution < -0.4 is 10.1 Å². The number of pyridine rings is 1. The number of imidazole rings is 1. The number of hydrogen-bond acceptors (Lipinski definition) is 4. The third kappa shape index (κ3) is 4.06. The lowest BCUT2D eigenvalue weighted by atomic mass is 10.2. The third-order valence-electron chi connectivity index (χ3n) is 4.24. The summed E-state index contributed by atoms with van der Waals surface area (Å²) >= 11 is 0. The van der Waals surface area contributed by atoms with Crippen molar-refractivity contribution in [2.75, 3.05) is 6.61 Å². The van der Waals surface area contributed by atoms with E-state index in [2.05, 4.69) is 51.0 Å². The highest BCUT2D eigenvalue weighted by Gasteiger charge is 2.05. The van der Waals surface area contributed by atoms with Gasteiger partial charge in [0.25, 0.3) is 0 Å². The summed E-state index contributed by atoms with van der Waals surface area (Å²) in [5.74, 6) is 0.707. The van der Waals surface area contributed by atoms with Gasteiger partial charge in [-0.25, -0.2) is 9.97 Å². The lowest BCUT2D eigenvalue weighted by molar-refractivity contribution is 0.322. The van der Waals surface area contributed by atoms with Gasteiger partial charge in [0.15, 0.2) is 0 Å². The number of rotatable bonds is 7. The Labute approximate surface area is 148 Å². The zero-order valence-corrected chi connectivity index (χ0v) is 15.0. The predicted molar refractivity (Wildman–Crippen MR) is 99.0 cm³/mol. The maximum atomic E-state index is 5.56. The molecule has 0 aliphatic carbocycles. The fourth-order valence-electron chi connectivity index (χ4n) is 2.70. The summed E-state index contributed by atoms with van der Waals surface area (Å²) in [7, 11) is 0. The van der Waals surface area contributed by atoms with E-state index in [1.54, 1.807) is 6.20 Å². The Morgan fingerprint density at radius 3 is 2.52 bits per heavy atom. The topological polar surface area (TPSA) is 52.0 Å². The van der Waals surface area contributed by atoms with Crippen LogP contribution in [0, 0.1) is 13.8 Å². The van der Waals surface area contributed by atoms with Crippen molar-refractivity contribution in [2.24, 2.45) is 0 Å². The minimum absolute atomic E-state index is 0.624. The van der Waals surface area contributed by atoms with Crippen molar-refractivity contribution in [1.29, 1.82) is 0 Å². The van der Waals surface area contributed by atoms with Crippen LogP contribution in [0.15, 0.2) is 48.9 Å². The van der Waals surface area contributed by atoms with E-state index < -0.39 is 0 Å². The second kappa shape index (κ2) is 7.94. The van der Waals surface area contributed by atoms with Crippen LogP contribution in [0.3, 0.4) is 0 Å². The van der Waals surface area contributed by atoms with E-state index in [1.165, 1.54) is 11.3 Å². The summed E-state index contributed by atoms with van der Waals surface area (Å²) in [5.41, 5.74) is 5.68. The van der Waals surface area contributed by atoms with E-state index >= 15 is 0 Å². The first-order valence-corrected chi connectivity index (χ1v) is 8.56. The van der Waals surface area contributed by atoms with Crippen molar-refractivity contribution in [3.05, 3.63) is 71.4 Å². The van der Waals surface area contributed by atoms with E-state index in [0.29, 0.717) is 12.5 Å². The summed E-state index contributed by atoms with van der Waals surface area (Å²) < 4.78 is 7.67. The number of aromatic nitrogens is 3. The number of ether oxygens (including phenoxy) is 1. The molecule has 0 amide bonds. The van der Waals surface area contributed by atoms with Crippen molar-refractivity contribution >= 4 is 0 Å². The van der Waals surface area contributed by atoms with Crippen LogP contribution in [0.25, 0.3) is 5.69 Å². The highest BCUT2D eigenvalue weighted by molar-refractivity contribution is 5.37. The minimum Gasteiger partial charge on any atom is -0.478 e. The van der Waals surface area contributed by atoms with Gasteiger partial charge in [-0.3, -0.25) is 0 Å². The Bertz CT molecular complexity index is 824. The lowest BCUT2D eigenvalue weighted by Crippen LogP contribution is -2.14. The molecular formula is C20H24N4O. The van der Waals surface area contributed by atoms with Crippen molar-refractivity contribution in [3.8, 4) is 11.6 Å². The molecule has 0 radical (unpaired) electrons. The fraction of sp³-hybridized carbons (Fsp3) is 0.300. The van der Waals surface area contributed by atoms with Crippen molar-refractivity contribution in [3.63, 3.8) is 0 Å². The summed E-state index contributed by atoms with van der Waals surface area (Å²) in [4.78, 5) is 8.63. The molecule has 3 rings (SSSR count). The van der Waals surface area contributed by atoms with Gasteiger partial charge < -0.3 is 14.6 Å². The van der Waals surface area contributed by atoms with Gasteiger partial charge in [0.2, 0.25) is 5.88 Å². The highest BCUT2D eigenvalue weighted by Crippen LogP contribution is 2.16. The molecular weight excluding hydrogens is 312 g/mol. The van der Waals surface area contributed by atoms with Gasteiger partial charge in [-0.1, -0.05) is 18.2 Å². The number of nitrogens with one attached hydrogen (secondary N) is 1. The van der Waals surface area contributed by atoms with Crippen LogP contribution in [-0.2, 0) is 13.1 Å². The molecule has 5 nitrogen and oxygen atoms in total. The molecule has 0 spiro atoms. The number of hydrogen-bond donors (Lipinski definition) is 1. The van der Waals surface area contributed by atoms with Crippen molar-refractivity contribution < 1.29 is 4.74 Å². The Morgan fingerprint density at radius 2 is 1.84 bits per heavy atom. The molecule has 0 unspecified atom stereocenters. The van der Waals surface area contributed by atoms with E-state index in [4.69, 9.17) is 4.74 Å². The molecule has 2 aromatic heterocycles. The molecule has 0 aliphatic rings. The monoisotopic (exact) mass is 336 g/mol. The normalized spacial score (nSPS) is 10.8. The molecule has 0 saturated carbocycles. The molecule has 0 bridgehead atoms. The van der Waals surface area contributed by atoms with Crippen LogP contribution in [0.2, 0.25) is 0 Å². The Morgan fingerprint density at radius 1 is 1.04 bits per heavy atom. The van der Waals surface area contributed by atoms with E-state index in [-0.39, 0.29) is 0 Å². The van der Waals surface area contributed by atoms with E-state index in [9.17, 15) is 0 Å². The molecule has 2 heterocycles. The van der Waals surface area contributed by atoms with Crippen LogP contribution in [-0.4, -0.2) is 21.1 Å². The van der Waals surface area contributed by atoms with Gasteiger partial charge in [0.05, 0.1) is 18.6 Å². The van der Waals surface area contributed by atoms with Crippen LogP contribution in [0.4, 0.5) is 0 Å². The molecule has 1 N–H and O–H groups in total. The number of benzene rings is 1. The molecule has 130 valence electrons. The minimum atomic E-state index is 0.624. The van der Waals surface area contributed by atoms with Gasteiger partial charge in [0, 0.05) is 36.2 Å². The summed E-state index contributed by atoms with van der Waals surface area (Å²) in [6.07, 6.45) is 3.63. The van der Waals surface area contributed by atoms with Crippen LogP contribution >= 0.6 is 0 Å². The largest absolute Gasteiger partial charge is 0.478 e. The number of aryl methyl sites for hydroxylation is 1. The van der Waals surface area contributed by atoms with Gasteiger partial charge in [0.1, 0.15) is 0 Å². The molecule has 0 aliphatic heterocycles. The second-order valence-corrected chi connectivity index (χ2v) is 5.96. The molecule has 1 aromatic carbocycles. The summed E-state index contributed by atoms with van der Waals surface area (Å²) in [5, 5.41) is 3.45. The van der Waals surface area contributed by atoms with Crippen molar-refractivity contribution in [1.82, 2.24) is 19.9 Å². The molecule has 5 heteroatoms. The lowest BCUT2D eigenvalue weighted by Gasteiger charge is -2.10. The second-order valence-electron chi connectivity index (χ2n) is 5.96. The predicted octanol–water partition coefficient (Wildman–Crippen LogP) is 3.57. The average molecular weight is 336 g/mol. The SMILES string of the molecule is CCOc1ncccc1CNCc1ccc(-n2cnc(C)c2C)cc1. The van der Waals surface area contributed by atoms with Gasteiger partial charge >= 0.3 is 0 Å². The summed E-state index contributed by atoms with van der Waals surface area (Å²) in [6, 6.07) is 12.5. The first kappa shape index (κ1) is 17.2. The maximum absolute atomic E-state index is 5.56. The van der Waals surface area contributed by atoms with E-state index in [1.807, 2.05) is 32.3 Å². The smallest absolute Gasteiger partial charge is 0.217 e. The van der Waals surface area contributed by atoms with Gasteiger partial charge in [-0.2, -0.15) is 0 Å². The Hall–Kier alpha value is -2.66. The standard InChI is InChI=1S/C20H24N4O/c1-4-25-20-18(6-5-11-22-20)13-21-12-17-7-9-19(10-8-17)24-14-23-15(2)16(24)3/h5-11,14,21H,4,12-13H2,1-3H3. The van der Waals surface area contributed by atoms with Gasteiger partial charge in [-0.05, 0) is 44.5 Å². The molecule has 0 atom stereocenters. The van der Waals surface area contributed by atoms with Crippen LogP contribution in [0.5, 0.6) is 5.88 Å². The zero-order valence-electron chi connectivity index (χ0n) is 15.0. The van der Waals surface area contributed by atoms with Crippen LogP contribution in [0.1, 0.15) is 29.4 Å². The van der Waals surface area contributed by atoms with Crippen molar-refractivity contribution in [2.45, 2.75) is 33.9 Å². The highest BCUT2D eigenvalue weighted by atomic mass is 16.5. The molecule has 3 aromatic rings. The quantitative estimate of drug-likeness (QED) is 0.716. The zero-order chi connectivity index (χ0) is 17.6. The van der Waals surface area contributed by atoms with E-state index in [0.717, 1.165) is 30.0 Å². The number of nitrogens with zero attached hydrogens (tertiary/aromatic N) is 3. The molecule has 0 fully saturated rings. The third-order valence-corrected chi connectivity index (χ3v) is 4.24. The Kier molecular flexibility index (Phi) is 5.46. The molecule has 25 heavy (non-hydrogen) atoms. The fourth-order valence-corrected chi connectivity index (χ4v) is 2.70. The summed E-state index contributed by atoms with van der Waals surface area (Å²) in [6.45, 7) is 8.23. The molecule has 0 saturated heterocycles. The first-order valence-electron chi connectivity index (χ1n) is 8.56. The Balaban J connectivity index is 1.60. The first-order chi connectivity index (χ1) is 12.2.